The van der Waals surface area contributed by atoms with Crippen molar-refractivity contribution < 1.29 is 9.47 Å². The van der Waals surface area contributed by atoms with E-state index in [1.54, 1.807) is 11.3 Å². The molecule has 1 aromatic carbocycles. The zero-order chi connectivity index (χ0) is 25.2. The minimum atomic E-state index is -0.448. The number of pyridine rings is 1. The summed E-state index contributed by atoms with van der Waals surface area (Å²) in [5.41, 5.74) is 2.41. The van der Waals surface area contributed by atoms with Crippen LogP contribution in [-0.2, 0) is 22.6 Å². The van der Waals surface area contributed by atoms with Crippen LogP contribution in [0.1, 0.15) is 53.6 Å². The maximum atomic E-state index is 13.7. The van der Waals surface area contributed by atoms with E-state index in [1.807, 2.05) is 35.9 Å². The monoisotopic (exact) mass is 520 g/mol. The van der Waals surface area contributed by atoms with Gasteiger partial charge in [-0.2, -0.15) is 0 Å². The highest BCUT2D eigenvalue weighted by Gasteiger charge is 2.34. The van der Waals surface area contributed by atoms with E-state index in [9.17, 15) is 4.79 Å². The fourth-order valence-corrected chi connectivity index (χ4v) is 6.26. The van der Waals surface area contributed by atoms with Crippen molar-refractivity contribution in [2.24, 2.45) is 0 Å². The molecule has 0 bridgehead atoms. The largest absolute Gasteiger partial charge is 0.377 e. The Kier molecular flexibility index (Phi) is 7.14. The van der Waals surface area contributed by atoms with E-state index in [-0.39, 0.29) is 17.8 Å². The number of aromatic nitrogens is 5. The Morgan fingerprint density at radius 2 is 2.00 bits per heavy atom. The van der Waals surface area contributed by atoms with Crippen molar-refractivity contribution in [1.82, 2.24) is 30.1 Å². The molecule has 3 aromatic heterocycles. The fourth-order valence-electron chi connectivity index (χ4n) is 5.53. The van der Waals surface area contributed by atoms with E-state index in [2.05, 4.69) is 42.9 Å². The first-order valence-electron chi connectivity index (χ1n) is 13.0. The van der Waals surface area contributed by atoms with Gasteiger partial charge in [-0.05, 0) is 71.5 Å². The molecule has 0 amide bonds. The van der Waals surface area contributed by atoms with Crippen LogP contribution in [0.2, 0.25) is 0 Å². The van der Waals surface area contributed by atoms with Gasteiger partial charge in [0.05, 0.1) is 24.3 Å². The number of ether oxygens (including phenoxy) is 2. The van der Waals surface area contributed by atoms with Gasteiger partial charge in [-0.25, -0.2) is 4.68 Å². The molecule has 2 saturated heterocycles. The lowest BCUT2D eigenvalue weighted by Gasteiger charge is -2.32. The van der Waals surface area contributed by atoms with Gasteiger partial charge in [0.2, 0.25) is 0 Å². The minimum Gasteiger partial charge on any atom is -0.377 e. The third-order valence-electron chi connectivity index (χ3n) is 7.38. The van der Waals surface area contributed by atoms with Crippen molar-refractivity contribution in [3.05, 3.63) is 74.0 Å². The van der Waals surface area contributed by atoms with Crippen molar-refractivity contribution in [3.8, 4) is 0 Å². The second-order valence-corrected chi connectivity index (χ2v) is 11.0. The number of thiophene rings is 1. The van der Waals surface area contributed by atoms with Crippen LogP contribution in [0.25, 0.3) is 10.9 Å². The van der Waals surface area contributed by atoms with Gasteiger partial charge >= 0.3 is 0 Å². The molecule has 10 heteroatoms. The van der Waals surface area contributed by atoms with E-state index >= 15 is 0 Å². The number of rotatable bonds is 9. The Hall–Kier alpha value is -2.92. The molecule has 0 aliphatic carbocycles. The number of H-pyrrole nitrogens is 1. The lowest BCUT2D eigenvalue weighted by molar-refractivity contribution is 0.0559. The third kappa shape index (κ3) is 5.24. The van der Waals surface area contributed by atoms with Crippen LogP contribution in [0.5, 0.6) is 0 Å². The van der Waals surface area contributed by atoms with Gasteiger partial charge in [0.25, 0.3) is 5.56 Å². The second kappa shape index (κ2) is 10.8. The first-order chi connectivity index (χ1) is 18.2. The molecule has 2 aliphatic rings. The summed E-state index contributed by atoms with van der Waals surface area (Å²) in [4.78, 5) is 20.4. The molecule has 2 aliphatic heterocycles. The highest BCUT2D eigenvalue weighted by atomic mass is 32.1. The third-order valence-corrected chi connectivity index (χ3v) is 8.24. The van der Waals surface area contributed by atoms with Crippen LogP contribution < -0.4 is 5.56 Å². The van der Waals surface area contributed by atoms with Crippen LogP contribution >= 0.6 is 11.3 Å². The topological polar surface area (TPSA) is 98.2 Å². The summed E-state index contributed by atoms with van der Waals surface area (Å²) in [5, 5.41) is 16.0. The molecule has 6 rings (SSSR count). The van der Waals surface area contributed by atoms with Crippen LogP contribution in [-0.4, -0.2) is 62.1 Å². The predicted molar refractivity (Wildman–Crippen MR) is 142 cm³/mol. The van der Waals surface area contributed by atoms with Gasteiger partial charge in [-0.3, -0.25) is 9.69 Å². The Morgan fingerprint density at radius 3 is 2.76 bits per heavy atom. The molecular weight excluding hydrogens is 488 g/mol. The number of nitrogens with one attached hydrogen (secondary N) is 1. The van der Waals surface area contributed by atoms with Crippen molar-refractivity contribution >= 4 is 22.2 Å². The quantitative estimate of drug-likeness (QED) is 0.358. The molecule has 0 spiro atoms. The van der Waals surface area contributed by atoms with Crippen molar-refractivity contribution in [2.45, 2.75) is 63.9 Å². The van der Waals surface area contributed by atoms with E-state index in [1.165, 1.54) is 4.88 Å². The maximum absolute atomic E-state index is 13.7. The average molecular weight is 521 g/mol. The summed E-state index contributed by atoms with van der Waals surface area (Å²) in [7, 11) is 0. The van der Waals surface area contributed by atoms with Crippen molar-refractivity contribution in [3.63, 3.8) is 0 Å². The Bertz CT molecular complexity index is 1390. The zero-order valence-corrected chi connectivity index (χ0v) is 21.8. The highest BCUT2D eigenvalue weighted by Crippen LogP contribution is 2.31. The molecule has 9 nitrogen and oxygen atoms in total. The smallest absolute Gasteiger partial charge is 0.253 e. The number of tetrazole rings is 1. The number of aryl methyl sites for hydroxylation is 1. The molecule has 3 atom stereocenters. The fraction of sp³-hybridized carbons (Fsp3) is 0.481. The first kappa shape index (κ1) is 24.4. The summed E-state index contributed by atoms with van der Waals surface area (Å²) >= 11 is 1.71. The second-order valence-electron chi connectivity index (χ2n) is 9.99. The van der Waals surface area contributed by atoms with Gasteiger partial charge in [0.1, 0.15) is 6.04 Å². The van der Waals surface area contributed by atoms with Gasteiger partial charge in [-0.1, -0.05) is 24.3 Å². The van der Waals surface area contributed by atoms with Crippen molar-refractivity contribution in [2.75, 3.05) is 19.8 Å². The van der Waals surface area contributed by atoms with Gasteiger partial charge in [0, 0.05) is 36.7 Å². The number of hydrogen-bond donors (Lipinski definition) is 1. The number of para-hydroxylation sites is 1. The molecule has 0 saturated carbocycles. The van der Waals surface area contributed by atoms with Crippen LogP contribution in [0.3, 0.4) is 0 Å². The standard InChI is InChI=1S/C27H32N6O3S/c1-18-6-2-7-19-14-23(27(34)28-24(18)19)25(26-29-30-31-33(26)16-21-9-4-12-36-21)32(15-20-8-3-11-35-20)17-22-10-5-13-37-22/h2,5-7,10,13-14,20-21,25H,3-4,8-9,11-12,15-17H2,1H3,(H,28,34)/t20-,21+,25-/m0/s1. The molecular formula is C27H32N6O3S. The van der Waals surface area contributed by atoms with Gasteiger partial charge in [-0.15, -0.1) is 16.4 Å². The summed E-state index contributed by atoms with van der Waals surface area (Å²) in [6, 6.07) is 11.8. The Balaban J connectivity index is 1.47. The Labute approximate surface area is 219 Å². The normalized spacial score (nSPS) is 20.8. The van der Waals surface area contributed by atoms with E-state index in [0.29, 0.717) is 31.0 Å². The van der Waals surface area contributed by atoms with Gasteiger partial charge < -0.3 is 14.5 Å². The van der Waals surface area contributed by atoms with E-state index in [4.69, 9.17) is 9.47 Å². The SMILES string of the molecule is Cc1cccc2cc([C@@H](c3nnnn3C[C@H]3CCCO3)N(Cc3cccs3)C[C@@H]3CCCO3)c(=O)[nH]c12. The number of benzene rings is 1. The zero-order valence-electron chi connectivity index (χ0n) is 21.0. The van der Waals surface area contributed by atoms with E-state index < -0.39 is 6.04 Å². The summed E-state index contributed by atoms with van der Waals surface area (Å²) < 4.78 is 13.8. The number of hydrogen-bond acceptors (Lipinski definition) is 8. The maximum Gasteiger partial charge on any atom is 0.253 e. The highest BCUT2D eigenvalue weighted by molar-refractivity contribution is 7.09. The average Bonchev–Trinajstić information content (AvgIpc) is 3.71. The summed E-state index contributed by atoms with van der Waals surface area (Å²) in [6.07, 6.45) is 4.25. The summed E-state index contributed by atoms with van der Waals surface area (Å²) in [5.74, 6) is 0.655. The van der Waals surface area contributed by atoms with Crippen LogP contribution in [0.4, 0.5) is 0 Å². The molecule has 37 heavy (non-hydrogen) atoms. The van der Waals surface area contributed by atoms with E-state index in [0.717, 1.165) is 55.4 Å². The van der Waals surface area contributed by atoms with Gasteiger partial charge in [0.15, 0.2) is 5.82 Å². The van der Waals surface area contributed by atoms with Crippen LogP contribution in [0, 0.1) is 6.92 Å². The summed E-state index contributed by atoms with van der Waals surface area (Å²) in [6.45, 7) is 5.46. The lowest BCUT2D eigenvalue weighted by Crippen LogP contribution is -2.39. The molecule has 2 fully saturated rings. The molecule has 0 radical (unpaired) electrons. The number of nitrogens with zero attached hydrogens (tertiary/aromatic N) is 5. The molecule has 0 unspecified atom stereocenters. The predicted octanol–water partition coefficient (Wildman–Crippen LogP) is 3.83. The first-order valence-corrected chi connectivity index (χ1v) is 13.9. The number of aromatic amines is 1. The van der Waals surface area contributed by atoms with Crippen molar-refractivity contribution in [1.29, 1.82) is 0 Å². The molecule has 4 aromatic rings. The number of fused-ring (bicyclic) bond motifs is 1. The molecule has 194 valence electrons. The lowest BCUT2D eigenvalue weighted by atomic mass is 10.0. The minimum absolute atomic E-state index is 0.0735. The molecule has 5 heterocycles. The molecule has 1 N–H and O–H groups in total. The Morgan fingerprint density at radius 1 is 1.16 bits per heavy atom. The van der Waals surface area contributed by atoms with Crippen LogP contribution in [0.15, 0.2) is 46.6 Å².